The van der Waals surface area contributed by atoms with Crippen molar-refractivity contribution in [2.75, 3.05) is 0 Å². The first-order valence-electron chi connectivity index (χ1n) is 5.27. The molecule has 84 valence electrons. The third-order valence-electron chi connectivity index (χ3n) is 2.76. The molecule has 0 radical (unpaired) electrons. The molecule has 1 aromatic heterocycles. The highest BCUT2D eigenvalue weighted by Crippen LogP contribution is 2.29. The van der Waals surface area contributed by atoms with Gasteiger partial charge in [0.2, 0.25) is 0 Å². The van der Waals surface area contributed by atoms with E-state index in [1.807, 2.05) is 24.3 Å². The second-order valence-corrected chi connectivity index (χ2v) is 5.22. The Morgan fingerprint density at radius 2 is 1.76 bits per heavy atom. The topological polar surface area (TPSA) is 15.8 Å². The van der Waals surface area contributed by atoms with Crippen molar-refractivity contribution in [1.29, 1.82) is 0 Å². The molecule has 0 amide bonds. The molecule has 0 aliphatic rings. The minimum atomic E-state index is 0.755. The van der Waals surface area contributed by atoms with Gasteiger partial charge >= 0.3 is 0 Å². The van der Waals surface area contributed by atoms with Gasteiger partial charge in [-0.3, -0.25) is 0 Å². The fraction of sp³-hybridized carbons (Fsp3) is 0. The van der Waals surface area contributed by atoms with E-state index in [1.54, 1.807) is 0 Å². The van der Waals surface area contributed by atoms with Crippen LogP contribution in [0.2, 0.25) is 5.02 Å². The van der Waals surface area contributed by atoms with Crippen LogP contribution >= 0.6 is 27.5 Å². The van der Waals surface area contributed by atoms with Gasteiger partial charge in [0.1, 0.15) is 0 Å². The van der Waals surface area contributed by atoms with Crippen molar-refractivity contribution >= 4 is 38.4 Å². The maximum absolute atomic E-state index is 6.14. The molecular formula is C14H9BrClN. The number of rotatable bonds is 1. The zero-order chi connectivity index (χ0) is 11.8. The summed E-state index contributed by atoms with van der Waals surface area (Å²) < 4.78 is 1.08. The molecule has 0 aliphatic carbocycles. The van der Waals surface area contributed by atoms with Crippen LogP contribution < -0.4 is 0 Å². The molecule has 0 aliphatic heterocycles. The Kier molecular flexibility index (Phi) is 2.69. The zero-order valence-electron chi connectivity index (χ0n) is 8.87. The second-order valence-electron chi connectivity index (χ2n) is 3.89. The van der Waals surface area contributed by atoms with Crippen LogP contribution in [0.3, 0.4) is 0 Å². The molecule has 0 fully saturated rings. The van der Waals surface area contributed by atoms with E-state index in [-0.39, 0.29) is 0 Å². The van der Waals surface area contributed by atoms with Crippen molar-refractivity contribution in [1.82, 2.24) is 4.98 Å². The van der Waals surface area contributed by atoms with Crippen molar-refractivity contribution in [2.45, 2.75) is 0 Å². The summed E-state index contributed by atoms with van der Waals surface area (Å²) in [6.45, 7) is 0. The van der Waals surface area contributed by atoms with Crippen LogP contribution in [0.25, 0.3) is 22.2 Å². The number of hydrogen-bond acceptors (Lipinski definition) is 0. The van der Waals surface area contributed by atoms with Crippen molar-refractivity contribution in [3.63, 3.8) is 0 Å². The van der Waals surface area contributed by atoms with Gasteiger partial charge in [-0.1, -0.05) is 51.8 Å². The normalized spacial score (nSPS) is 10.9. The standard InChI is InChI=1S/C14H9BrClN/c15-11-6-4-9(5-7-11)13-8-10-2-1-3-12(16)14(10)17-13/h1-8,17H. The van der Waals surface area contributed by atoms with Crippen molar-refractivity contribution < 1.29 is 0 Å². The number of para-hydroxylation sites is 1. The molecule has 0 saturated carbocycles. The second kappa shape index (κ2) is 4.21. The minimum Gasteiger partial charge on any atom is -0.353 e. The van der Waals surface area contributed by atoms with Crippen LogP contribution in [0, 0.1) is 0 Å². The van der Waals surface area contributed by atoms with Crippen LogP contribution in [0.15, 0.2) is 53.0 Å². The Hall–Kier alpha value is -1.25. The van der Waals surface area contributed by atoms with Crippen LogP contribution in [0.4, 0.5) is 0 Å². The fourth-order valence-corrected chi connectivity index (χ4v) is 2.40. The van der Waals surface area contributed by atoms with Gasteiger partial charge in [-0.05, 0) is 29.8 Å². The fourth-order valence-electron chi connectivity index (χ4n) is 1.90. The molecule has 0 atom stereocenters. The molecule has 0 unspecified atom stereocenters. The minimum absolute atomic E-state index is 0.755. The van der Waals surface area contributed by atoms with Gasteiger partial charge in [0.15, 0.2) is 0 Å². The molecule has 0 saturated heterocycles. The summed E-state index contributed by atoms with van der Waals surface area (Å²) in [6, 6.07) is 16.2. The lowest BCUT2D eigenvalue weighted by atomic mass is 10.1. The van der Waals surface area contributed by atoms with E-state index in [9.17, 15) is 0 Å². The number of fused-ring (bicyclic) bond motifs is 1. The average molecular weight is 307 g/mol. The molecule has 0 spiro atoms. The highest BCUT2D eigenvalue weighted by molar-refractivity contribution is 9.10. The van der Waals surface area contributed by atoms with Crippen LogP contribution in [0.5, 0.6) is 0 Å². The number of benzene rings is 2. The maximum atomic E-state index is 6.14. The largest absolute Gasteiger partial charge is 0.353 e. The van der Waals surface area contributed by atoms with Crippen molar-refractivity contribution in [3.05, 3.63) is 58.0 Å². The predicted octanol–water partition coefficient (Wildman–Crippen LogP) is 5.25. The summed E-state index contributed by atoms with van der Waals surface area (Å²) in [5.41, 5.74) is 3.23. The molecule has 1 heterocycles. The number of nitrogens with one attached hydrogen (secondary N) is 1. The van der Waals surface area contributed by atoms with E-state index in [2.05, 4.69) is 45.2 Å². The van der Waals surface area contributed by atoms with Gasteiger partial charge in [-0.2, -0.15) is 0 Å². The summed E-state index contributed by atoms with van der Waals surface area (Å²) in [5, 5.41) is 1.89. The van der Waals surface area contributed by atoms with Crippen LogP contribution in [0.1, 0.15) is 0 Å². The molecule has 1 N–H and O–H groups in total. The molecule has 17 heavy (non-hydrogen) atoms. The number of hydrogen-bond donors (Lipinski definition) is 1. The Morgan fingerprint density at radius 1 is 1.00 bits per heavy atom. The zero-order valence-corrected chi connectivity index (χ0v) is 11.2. The van der Waals surface area contributed by atoms with Gasteiger partial charge in [-0.25, -0.2) is 0 Å². The Morgan fingerprint density at radius 3 is 2.47 bits per heavy atom. The lowest BCUT2D eigenvalue weighted by Crippen LogP contribution is -1.76. The number of H-pyrrole nitrogens is 1. The lowest BCUT2D eigenvalue weighted by molar-refractivity contribution is 1.45. The quantitative estimate of drug-likeness (QED) is 0.632. The number of aromatic amines is 1. The monoisotopic (exact) mass is 305 g/mol. The molecule has 0 bridgehead atoms. The van der Waals surface area contributed by atoms with Crippen molar-refractivity contribution in [3.8, 4) is 11.3 Å². The highest BCUT2D eigenvalue weighted by atomic mass is 79.9. The van der Waals surface area contributed by atoms with Gasteiger partial charge in [0, 0.05) is 15.6 Å². The summed E-state index contributed by atoms with van der Waals surface area (Å²) in [6.07, 6.45) is 0. The SMILES string of the molecule is Clc1cccc2cc(-c3ccc(Br)cc3)[nH]c12. The molecule has 1 nitrogen and oxygen atoms in total. The molecule has 2 aromatic carbocycles. The molecule has 3 aromatic rings. The van der Waals surface area contributed by atoms with E-state index in [1.165, 1.54) is 0 Å². The summed E-state index contributed by atoms with van der Waals surface area (Å²) in [5.74, 6) is 0. The van der Waals surface area contributed by atoms with Crippen molar-refractivity contribution in [2.24, 2.45) is 0 Å². The third kappa shape index (κ3) is 1.99. The first kappa shape index (κ1) is 10.9. The average Bonchev–Trinajstić information content (AvgIpc) is 2.75. The summed E-state index contributed by atoms with van der Waals surface area (Å²) in [4.78, 5) is 3.35. The highest BCUT2D eigenvalue weighted by Gasteiger charge is 2.05. The van der Waals surface area contributed by atoms with Crippen LogP contribution in [-0.2, 0) is 0 Å². The Labute approximate surface area is 113 Å². The number of aromatic nitrogens is 1. The Bertz CT molecular complexity index is 670. The summed E-state index contributed by atoms with van der Waals surface area (Å²) >= 11 is 9.58. The third-order valence-corrected chi connectivity index (χ3v) is 3.60. The lowest BCUT2D eigenvalue weighted by Gasteiger charge is -1.97. The molecule has 3 heteroatoms. The molecule has 3 rings (SSSR count). The Balaban J connectivity index is 2.18. The van der Waals surface area contributed by atoms with E-state index in [0.717, 1.165) is 31.7 Å². The van der Waals surface area contributed by atoms with Gasteiger partial charge in [0.25, 0.3) is 0 Å². The molecular weight excluding hydrogens is 298 g/mol. The van der Waals surface area contributed by atoms with Gasteiger partial charge in [0.05, 0.1) is 10.5 Å². The first-order valence-corrected chi connectivity index (χ1v) is 6.44. The predicted molar refractivity (Wildman–Crippen MR) is 76.4 cm³/mol. The first-order chi connectivity index (χ1) is 8.24. The van der Waals surface area contributed by atoms with E-state index < -0.39 is 0 Å². The van der Waals surface area contributed by atoms with E-state index >= 15 is 0 Å². The van der Waals surface area contributed by atoms with Crippen LogP contribution in [-0.4, -0.2) is 4.98 Å². The summed E-state index contributed by atoms with van der Waals surface area (Å²) in [7, 11) is 0. The van der Waals surface area contributed by atoms with Gasteiger partial charge < -0.3 is 4.98 Å². The van der Waals surface area contributed by atoms with Gasteiger partial charge in [-0.15, -0.1) is 0 Å². The smallest absolute Gasteiger partial charge is 0.0648 e. The number of halogens is 2. The van der Waals surface area contributed by atoms with E-state index in [0.29, 0.717) is 0 Å². The van der Waals surface area contributed by atoms with E-state index in [4.69, 9.17) is 11.6 Å². The maximum Gasteiger partial charge on any atom is 0.0648 e.